The van der Waals surface area contributed by atoms with Gasteiger partial charge < -0.3 is 16.6 Å². The fraction of sp³-hybridized carbons (Fsp3) is 0.133. The Morgan fingerprint density at radius 3 is 2.42 bits per heavy atom. The minimum Gasteiger partial charge on any atom is -0.392 e. The summed E-state index contributed by atoms with van der Waals surface area (Å²) in [4.78, 5) is 22.7. The quantitative estimate of drug-likeness (QED) is 0.484. The molecule has 0 amide bonds. The van der Waals surface area contributed by atoms with Gasteiger partial charge in [-0.3, -0.25) is 10.1 Å². The number of aliphatic hydroxyl groups excluding tert-OH is 1. The molecule has 0 fully saturated rings. The predicted molar refractivity (Wildman–Crippen MR) is 88.9 cm³/mol. The van der Waals surface area contributed by atoms with Crippen molar-refractivity contribution in [1.82, 2.24) is 15.0 Å². The van der Waals surface area contributed by atoms with Gasteiger partial charge in [0.25, 0.3) is 5.69 Å². The average molecular weight is 326 g/mol. The molecule has 24 heavy (non-hydrogen) atoms. The molecule has 3 rings (SSSR count). The molecule has 5 N–H and O–H groups in total. The number of non-ortho nitro benzene ring substituents is 1. The Labute approximate surface area is 136 Å². The van der Waals surface area contributed by atoms with Crippen molar-refractivity contribution in [2.75, 3.05) is 11.5 Å². The summed E-state index contributed by atoms with van der Waals surface area (Å²) in [5.41, 5.74) is 14.2. The largest absolute Gasteiger partial charge is 0.392 e. The van der Waals surface area contributed by atoms with E-state index in [0.717, 1.165) is 0 Å². The highest BCUT2D eigenvalue weighted by Gasteiger charge is 2.19. The van der Waals surface area contributed by atoms with Crippen LogP contribution in [-0.2, 0) is 6.61 Å². The van der Waals surface area contributed by atoms with Gasteiger partial charge >= 0.3 is 0 Å². The zero-order chi connectivity index (χ0) is 17.4. The Morgan fingerprint density at radius 2 is 1.83 bits per heavy atom. The maximum atomic E-state index is 10.8. The van der Waals surface area contributed by atoms with Gasteiger partial charge in [-0.15, -0.1) is 0 Å². The molecule has 2 heterocycles. The molecule has 0 aliphatic rings. The van der Waals surface area contributed by atoms with E-state index in [4.69, 9.17) is 11.5 Å². The van der Waals surface area contributed by atoms with Crippen LogP contribution in [0.5, 0.6) is 0 Å². The summed E-state index contributed by atoms with van der Waals surface area (Å²) in [5.74, 6) is 0.131. The van der Waals surface area contributed by atoms with Crippen LogP contribution in [0.4, 0.5) is 17.5 Å². The van der Waals surface area contributed by atoms with Gasteiger partial charge in [-0.25, -0.2) is 4.98 Å². The summed E-state index contributed by atoms with van der Waals surface area (Å²) >= 11 is 0. The molecule has 0 spiro atoms. The first kappa shape index (κ1) is 15.6. The average Bonchev–Trinajstić information content (AvgIpc) is 2.53. The summed E-state index contributed by atoms with van der Waals surface area (Å²) in [5, 5.41) is 21.0. The summed E-state index contributed by atoms with van der Waals surface area (Å²) in [7, 11) is 0. The molecule has 0 saturated heterocycles. The zero-order valence-electron chi connectivity index (χ0n) is 12.7. The minimum atomic E-state index is -0.481. The van der Waals surface area contributed by atoms with E-state index < -0.39 is 4.92 Å². The van der Waals surface area contributed by atoms with E-state index >= 15 is 0 Å². The molecular weight excluding hydrogens is 312 g/mol. The number of aromatic nitrogens is 3. The fourth-order valence-corrected chi connectivity index (χ4v) is 2.62. The Hall–Kier alpha value is -3.33. The summed E-state index contributed by atoms with van der Waals surface area (Å²) < 4.78 is 0. The molecule has 3 aromatic rings. The molecule has 0 aliphatic heterocycles. The van der Waals surface area contributed by atoms with Gasteiger partial charge in [0.05, 0.1) is 16.9 Å². The summed E-state index contributed by atoms with van der Waals surface area (Å²) in [6.07, 6.45) is 0. The van der Waals surface area contributed by atoms with E-state index in [0.29, 0.717) is 33.4 Å². The van der Waals surface area contributed by atoms with E-state index in [1.54, 1.807) is 19.1 Å². The number of nitro groups is 1. The van der Waals surface area contributed by atoms with E-state index in [1.165, 1.54) is 12.1 Å². The van der Waals surface area contributed by atoms with Crippen molar-refractivity contribution < 1.29 is 10.0 Å². The molecule has 9 heteroatoms. The highest BCUT2D eigenvalue weighted by molar-refractivity contribution is 6.01. The van der Waals surface area contributed by atoms with Gasteiger partial charge in [0.15, 0.2) is 5.65 Å². The monoisotopic (exact) mass is 326 g/mol. The second-order valence-corrected chi connectivity index (χ2v) is 5.18. The molecule has 1 aromatic carbocycles. The van der Waals surface area contributed by atoms with Crippen LogP contribution in [0, 0.1) is 17.0 Å². The number of nitrogens with two attached hydrogens (primary N) is 2. The highest BCUT2D eigenvalue weighted by Crippen LogP contribution is 2.35. The number of aliphatic hydroxyl groups is 1. The number of hydrogen-bond acceptors (Lipinski definition) is 8. The second kappa shape index (κ2) is 5.70. The van der Waals surface area contributed by atoms with Crippen molar-refractivity contribution >= 4 is 28.5 Å². The highest BCUT2D eigenvalue weighted by atomic mass is 16.6. The van der Waals surface area contributed by atoms with E-state index in [1.807, 2.05) is 0 Å². The Kier molecular flexibility index (Phi) is 3.70. The number of rotatable bonds is 3. The third-order valence-electron chi connectivity index (χ3n) is 3.72. The number of fused-ring (bicyclic) bond motifs is 1. The zero-order valence-corrected chi connectivity index (χ0v) is 12.7. The van der Waals surface area contributed by atoms with Crippen molar-refractivity contribution in [3.63, 3.8) is 0 Å². The SMILES string of the molecule is Cc1nc2nc(N)nc(N)c2c(-c2ccc([N+](=O)[O-])cc2)c1CO. The van der Waals surface area contributed by atoms with Crippen LogP contribution in [0.2, 0.25) is 0 Å². The molecule has 0 bridgehead atoms. The lowest BCUT2D eigenvalue weighted by Crippen LogP contribution is -2.06. The van der Waals surface area contributed by atoms with E-state index in [2.05, 4.69) is 15.0 Å². The van der Waals surface area contributed by atoms with Gasteiger partial charge in [0.2, 0.25) is 5.95 Å². The minimum absolute atomic E-state index is 0.00158. The van der Waals surface area contributed by atoms with Gasteiger partial charge in [0, 0.05) is 29.0 Å². The number of hydrogen-bond donors (Lipinski definition) is 3. The van der Waals surface area contributed by atoms with Gasteiger partial charge in [-0.05, 0) is 24.6 Å². The van der Waals surface area contributed by atoms with Crippen LogP contribution in [0.1, 0.15) is 11.3 Å². The lowest BCUT2D eigenvalue weighted by molar-refractivity contribution is -0.384. The summed E-state index contributed by atoms with van der Waals surface area (Å²) in [6, 6.07) is 5.93. The first-order valence-electron chi connectivity index (χ1n) is 7.00. The van der Waals surface area contributed by atoms with Crippen LogP contribution in [-0.4, -0.2) is 25.0 Å². The lowest BCUT2D eigenvalue weighted by Gasteiger charge is -2.15. The van der Waals surface area contributed by atoms with Crippen LogP contribution in [0.15, 0.2) is 24.3 Å². The second-order valence-electron chi connectivity index (χ2n) is 5.18. The third-order valence-corrected chi connectivity index (χ3v) is 3.72. The lowest BCUT2D eigenvalue weighted by atomic mass is 9.96. The first-order valence-corrected chi connectivity index (χ1v) is 7.00. The van der Waals surface area contributed by atoms with Crippen LogP contribution in [0.3, 0.4) is 0 Å². The molecule has 122 valence electrons. The van der Waals surface area contributed by atoms with Gasteiger partial charge in [-0.1, -0.05) is 0 Å². The first-order chi connectivity index (χ1) is 11.4. The van der Waals surface area contributed by atoms with Crippen molar-refractivity contribution in [2.24, 2.45) is 0 Å². The normalized spacial score (nSPS) is 10.9. The molecule has 0 aliphatic carbocycles. The number of nitrogen functional groups attached to an aromatic ring is 2. The third kappa shape index (κ3) is 2.46. The molecule has 2 aromatic heterocycles. The molecule has 0 atom stereocenters. The molecule has 0 unspecified atom stereocenters. The van der Waals surface area contributed by atoms with Crippen molar-refractivity contribution in [3.8, 4) is 11.1 Å². The smallest absolute Gasteiger partial charge is 0.269 e. The van der Waals surface area contributed by atoms with Crippen LogP contribution >= 0.6 is 0 Å². The van der Waals surface area contributed by atoms with E-state index in [9.17, 15) is 15.2 Å². The number of nitrogens with zero attached hydrogens (tertiary/aromatic N) is 4. The van der Waals surface area contributed by atoms with Crippen molar-refractivity contribution in [3.05, 3.63) is 45.6 Å². The molecule has 0 radical (unpaired) electrons. The standard InChI is InChI=1S/C15H14N6O3/c1-7-10(6-22)11(8-2-4-9(5-3-8)21(23)24)12-13(16)19-15(17)20-14(12)18-7/h2-5,22H,6H2,1H3,(H4,16,17,18,19,20). The molecular formula is C15H14N6O3. The van der Waals surface area contributed by atoms with Crippen molar-refractivity contribution in [2.45, 2.75) is 13.5 Å². The topological polar surface area (TPSA) is 154 Å². The predicted octanol–water partition coefficient (Wildman–Crippen LogP) is 1.57. The Balaban J connectivity index is 2.38. The number of pyridine rings is 1. The number of nitro benzene ring substituents is 1. The molecule has 0 saturated carbocycles. The maximum absolute atomic E-state index is 10.8. The number of benzene rings is 1. The fourth-order valence-electron chi connectivity index (χ4n) is 2.62. The maximum Gasteiger partial charge on any atom is 0.269 e. The summed E-state index contributed by atoms with van der Waals surface area (Å²) in [6.45, 7) is 1.46. The number of aryl methyl sites for hydroxylation is 1. The van der Waals surface area contributed by atoms with Crippen molar-refractivity contribution in [1.29, 1.82) is 0 Å². The Morgan fingerprint density at radius 1 is 1.17 bits per heavy atom. The Bertz CT molecular complexity index is 956. The van der Waals surface area contributed by atoms with Crippen LogP contribution in [0.25, 0.3) is 22.2 Å². The van der Waals surface area contributed by atoms with Crippen LogP contribution < -0.4 is 11.5 Å². The molecule has 9 nitrogen and oxygen atoms in total. The van der Waals surface area contributed by atoms with E-state index in [-0.39, 0.29) is 24.1 Å². The van der Waals surface area contributed by atoms with Gasteiger partial charge in [0.1, 0.15) is 5.82 Å². The van der Waals surface area contributed by atoms with Gasteiger partial charge in [-0.2, -0.15) is 9.97 Å². The number of anilines is 2.